The van der Waals surface area contributed by atoms with E-state index in [4.69, 9.17) is 9.47 Å². The quantitative estimate of drug-likeness (QED) is 0.789. The van der Waals surface area contributed by atoms with Crippen LogP contribution in [0.1, 0.15) is 15.9 Å². The molecule has 5 heteroatoms. The number of hydrogen-bond donors (Lipinski definition) is 0. The Balaban J connectivity index is 2.50. The number of rotatable bonds is 5. The molecule has 0 aliphatic rings. The molecule has 0 aromatic heterocycles. The summed E-state index contributed by atoms with van der Waals surface area (Å²) in [6.07, 6.45) is 0. The molecule has 3 nitrogen and oxygen atoms in total. The topological polar surface area (TPSA) is 35.5 Å². The van der Waals surface area contributed by atoms with Crippen molar-refractivity contribution >= 4 is 5.78 Å². The Kier molecular flexibility index (Phi) is 4.21. The molecule has 0 bridgehead atoms. The van der Waals surface area contributed by atoms with E-state index in [1.165, 1.54) is 50.6 Å². The number of methoxy groups -OCH3 is 2. The normalized spacial score (nSPS) is 11.0. The van der Waals surface area contributed by atoms with Crippen LogP contribution in [0.25, 0.3) is 0 Å². The molecule has 0 spiro atoms. The zero-order chi connectivity index (χ0) is 15.5. The van der Waals surface area contributed by atoms with Crippen LogP contribution in [0.5, 0.6) is 11.5 Å². The highest BCUT2D eigenvalue weighted by Gasteiger charge is 2.43. The molecule has 0 saturated heterocycles. The van der Waals surface area contributed by atoms with Gasteiger partial charge in [0.05, 0.1) is 19.8 Å². The van der Waals surface area contributed by atoms with Gasteiger partial charge in [0.2, 0.25) is 5.78 Å². The van der Waals surface area contributed by atoms with Gasteiger partial charge < -0.3 is 9.47 Å². The first-order valence-electron chi connectivity index (χ1n) is 6.21. The Morgan fingerprint density at radius 3 is 2.24 bits per heavy atom. The second kappa shape index (κ2) is 5.91. The molecule has 0 atom stereocenters. The third-order valence-corrected chi connectivity index (χ3v) is 3.07. The maximum atomic E-state index is 14.5. The third kappa shape index (κ3) is 2.86. The van der Waals surface area contributed by atoms with Crippen molar-refractivity contribution in [3.63, 3.8) is 0 Å². The standard InChI is InChI=1S/C16H14F2O3/c1-20-12-8-9-14(21-2)13(10-12)16(17,18)15(19)11-6-4-3-5-7-11/h3-10H,1-2H3. The number of ether oxygens (including phenoxy) is 2. The van der Waals surface area contributed by atoms with Crippen molar-refractivity contribution in [2.75, 3.05) is 14.2 Å². The predicted octanol–water partition coefficient (Wildman–Crippen LogP) is 3.68. The van der Waals surface area contributed by atoms with Gasteiger partial charge in [-0.1, -0.05) is 30.3 Å². The summed E-state index contributed by atoms with van der Waals surface area (Å²) in [6, 6.07) is 11.4. The zero-order valence-corrected chi connectivity index (χ0v) is 11.6. The van der Waals surface area contributed by atoms with Crippen LogP contribution in [0.3, 0.4) is 0 Å². The van der Waals surface area contributed by atoms with Gasteiger partial charge in [-0.2, -0.15) is 8.78 Å². The van der Waals surface area contributed by atoms with Crippen LogP contribution in [-0.2, 0) is 5.92 Å². The van der Waals surface area contributed by atoms with E-state index in [0.717, 1.165) is 6.07 Å². The van der Waals surface area contributed by atoms with E-state index < -0.39 is 17.3 Å². The van der Waals surface area contributed by atoms with E-state index in [2.05, 4.69) is 0 Å². The fraction of sp³-hybridized carbons (Fsp3) is 0.188. The molecule has 0 amide bonds. The Morgan fingerprint density at radius 1 is 1.00 bits per heavy atom. The second-order valence-electron chi connectivity index (χ2n) is 4.34. The fourth-order valence-electron chi connectivity index (χ4n) is 1.95. The molecule has 0 fully saturated rings. The number of ketones is 1. The molecular weight excluding hydrogens is 278 g/mol. The van der Waals surface area contributed by atoms with E-state index >= 15 is 0 Å². The summed E-state index contributed by atoms with van der Waals surface area (Å²) in [5.74, 6) is -4.83. The monoisotopic (exact) mass is 292 g/mol. The minimum absolute atomic E-state index is 0.0626. The minimum Gasteiger partial charge on any atom is -0.497 e. The fourth-order valence-corrected chi connectivity index (χ4v) is 1.95. The highest BCUT2D eigenvalue weighted by molar-refractivity contribution is 6.02. The first kappa shape index (κ1) is 15.0. The maximum Gasteiger partial charge on any atom is 0.338 e. The van der Waals surface area contributed by atoms with Crippen LogP contribution in [0.15, 0.2) is 48.5 Å². The number of alkyl halides is 2. The van der Waals surface area contributed by atoms with Crippen LogP contribution in [0.2, 0.25) is 0 Å². The van der Waals surface area contributed by atoms with E-state index in [0.29, 0.717) is 0 Å². The van der Waals surface area contributed by atoms with Gasteiger partial charge in [0.15, 0.2) is 0 Å². The third-order valence-electron chi connectivity index (χ3n) is 3.07. The Bertz CT molecular complexity index is 639. The minimum atomic E-state index is -3.71. The lowest BCUT2D eigenvalue weighted by Crippen LogP contribution is -2.26. The number of benzene rings is 2. The number of carbonyl (C=O) groups is 1. The van der Waals surface area contributed by atoms with E-state index in [1.807, 2.05) is 0 Å². The largest absolute Gasteiger partial charge is 0.497 e. The van der Waals surface area contributed by atoms with Crippen molar-refractivity contribution in [3.8, 4) is 11.5 Å². The highest BCUT2D eigenvalue weighted by atomic mass is 19.3. The number of carbonyl (C=O) groups excluding carboxylic acids is 1. The lowest BCUT2D eigenvalue weighted by atomic mass is 9.98. The van der Waals surface area contributed by atoms with E-state index in [9.17, 15) is 13.6 Å². The molecule has 2 rings (SSSR count). The van der Waals surface area contributed by atoms with Crippen LogP contribution in [0.4, 0.5) is 8.78 Å². The maximum absolute atomic E-state index is 14.5. The molecular formula is C16H14F2O3. The predicted molar refractivity (Wildman–Crippen MR) is 74.2 cm³/mol. The Hall–Kier alpha value is -2.43. The van der Waals surface area contributed by atoms with Gasteiger partial charge in [-0.25, -0.2) is 0 Å². The molecule has 110 valence electrons. The Labute approximate surface area is 121 Å². The van der Waals surface area contributed by atoms with Crippen molar-refractivity contribution in [1.82, 2.24) is 0 Å². The van der Waals surface area contributed by atoms with Crippen molar-refractivity contribution in [2.45, 2.75) is 5.92 Å². The first-order chi connectivity index (χ1) is 10.0. The summed E-state index contributed by atoms with van der Waals surface area (Å²) in [7, 11) is 2.64. The molecule has 0 aliphatic heterocycles. The number of hydrogen-bond acceptors (Lipinski definition) is 3. The molecule has 21 heavy (non-hydrogen) atoms. The smallest absolute Gasteiger partial charge is 0.338 e. The molecule has 0 N–H and O–H groups in total. The molecule has 0 heterocycles. The lowest BCUT2D eigenvalue weighted by molar-refractivity contribution is 0.00590. The van der Waals surface area contributed by atoms with Crippen LogP contribution in [-0.4, -0.2) is 20.0 Å². The summed E-state index contributed by atoms with van der Waals surface area (Å²) in [6.45, 7) is 0. The zero-order valence-electron chi connectivity index (χ0n) is 11.6. The molecule has 0 saturated carbocycles. The van der Waals surface area contributed by atoms with E-state index in [1.54, 1.807) is 6.07 Å². The van der Waals surface area contributed by atoms with Crippen LogP contribution in [0, 0.1) is 0 Å². The van der Waals surface area contributed by atoms with Crippen molar-refractivity contribution in [2.24, 2.45) is 0 Å². The highest BCUT2D eigenvalue weighted by Crippen LogP contribution is 2.39. The molecule has 0 unspecified atom stereocenters. The van der Waals surface area contributed by atoms with Gasteiger partial charge in [-0.15, -0.1) is 0 Å². The van der Waals surface area contributed by atoms with Crippen LogP contribution >= 0.6 is 0 Å². The number of Topliss-reactive ketones (excluding diaryl/α,β-unsaturated/α-hetero) is 1. The van der Waals surface area contributed by atoms with Gasteiger partial charge in [0, 0.05) is 5.56 Å². The molecule has 0 aliphatic carbocycles. The lowest BCUT2D eigenvalue weighted by Gasteiger charge is -2.19. The summed E-state index contributed by atoms with van der Waals surface area (Å²) in [5.41, 5.74) is -0.578. The molecule has 2 aromatic carbocycles. The summed E-state index contributed by atoms with van der Waals surface area (Å²) < 4.78 is 38.9. The van der Waals surface area contributed by atoms with Crippen LogP contribution < -0.4 is 9.47 Å². The van der Waals surface area contributed by atoms with Crippen molar-refractivity contribution in [1.29, 1.82) is 0 Å². The first-order valence-corrected chi connectivity index (χ1v) is 6.21. The van der Waals surface area contributed by atoms with Gasteiger partial charge in [0.25, 0.3) is 0 Å². The van der Waals surface area contributed by atoms with Gasteiger partial charge in [-0.3, -0.25) is 4.79 Å². The summed E-state index contributed by atoms with van der Waals surface area (Å²) in [4.78, 5) is 12.1. The molecule has 0 radical (unpaired) electrons. The average Bonchev–Trinajstić information content (AvgIpc) is 2.54. The average molecular weight is 292 g/mol. The van der Waals surface area contributed by atoms with Gasteiger partial charge in [0.1, 0.15) is 11.5 Å². The second-order valence-corrected chi connectivity index (χ2v) is 4.34. The molecule has 2 aromatic rings. The summed E-state index contributed by atoms with van der Waals surface area (Å²) in [5, 5.41) is 0. The van der Waals surface area contributed by atoms with E-state index in [-0.39, 0.29) is 17.1 Å². The Morgan fingerprint density at radius 2 is 1.67 bits per heavy atom. The van der Waals surface area contributed by atoms with Crippen molar-refractivity contribution in [3.05, 3.63) is 59.7 Å². The number of halogens is 2. The van der Waals surface area contributed by atoms with Gasteiger partial charge in [-0.05, 0) is 18.2 Å². The van der Waals surface area contributed by atoms with Crippen molar-refractivity contribution < 1.29 is 23.0 Å². The summed E-state index contributed by atoms with van der Waals surface area (Å²) >= 11 is 0. The van der Waals surface area contributed by atoms with Gasteiger partial charge >= 0.3 is 5.92 Å². The SMILES string of the molecule is COc1ccc(OC)c(C(F)(F)C(=O)c2ccccc2)c1.